The Balaban J connectivity index is 1.75. The fraction of sp³-hybridized carbons (Fsp3) is 0.611. The number of quaternary nitrogens is 1. The summed E-state index contributed by atoms with van der Waals surface area (Å²) in [7, 11) is 0. The van der Waals surface area contributed by atoms with E-state index in [1.807, 2.05) is 26.8 Å². The molecular weight excluding hydrogens is 314 g/mol. The van der Waals surface area contributed by atoms with Gasteiger partial charge in [0.25, 0.3) is 0 Å². The molecule has 1 heterocycles. The molecule has 0 amide bonds. The Labute approximate surface area is 143 Å². The lowest BCUT2D eigenvalue weighted by molar-refractivity contribution is -0.905. The fourth-order valence-corrected chi connectivity index (χ4v) is 3.53. The van der Waals surface area contributed by atoms with Gasteiger partial charge in [-0.2, -0.15) is 0 Å². The van der Waals surface area contributed by atoms with Gasteiger partial charge in [-0.15, -0.1) is 0 Å². The quantitative estimate of drug-likeness (QED) is 0.807. The van der Waals surface area contributed by atoms with Crippen molar-refractivity contribution in [3.8, 4) is 5.75 Å². The van der Waals surface area contributed by atoms with Crippen LogP contribution >= 0.6 is 11.6 Å². The van der Waals surface area contributed by atoms with Crippen molar-refractivity contribution < 1.29 is 19.2 Å². The van der Waals surface area contributed by atoms with E-state index in [0.717, 1.165) is 49.4 Å². The molecule has 23 heavy (non-hydrogen) atoms. The number of esters is 1. The van der Waals surface area contributed by atoms with Gasteiger partial charge in [-0.25, -0.2) is 0 Å². The number of carbonyl (C=O) groups is 1. The summed E-state index contributed by atoms with van der Waals surface area (Å²) in [5, 5.41) is 0.679. The van der Waals surface area contributed by atoms with Crippen LogP contribution in [0.5, 0.6) is 5.75 Å². The molecule has 1 saturated heterocycles. The first kappa shape index (κ1) is 18.1. The molecule has 128 valence electrons. The molecule has 5 heteroatoms. The second-order valence-electron chi connectivity index (χ2n) is 6.27. The number of halogens is 1. The van der Waals surface area contributed by atoms with E-state index in [1.54, 1.807) is 0 Å². The van der Waals surface area contributed by atoms with Crippen molar-refractivity contribution in [1.82, 2.24) is 0 Å². The van der Waals surface area contributed by atoms with Gasteiger partial charge in [0, 0.05) is 12.8 Å². The maximum absolute atomic E-state index is 11.7. The van der Waals surface area contributed by atoms with Crippen molar-refractivity contribution >= 4 is 17.6 Å². The number of benzene rings is 1. The average molecular weight is 341 g/mol. The average Bonchev–Trinajstić information content (AvgIpc) is 2.50. The Bertz CT molecular complexity index is 516. The van der Waals surface area contributed by atoms with Crippen molar-refractivity contribution in [3.05, 3.63) is 28.3 Å². The van der Waals surface area contributed by atoms with E-state index in [4.69, 9.17) is 21.1 Å². The van der Waals surface area contributed by atoms with E-state index < -0.39 is 0 Å². The molecule has 0 bridgehead atoms. The lowest BCUT2D eigenvalue weighted by Gasteiger charge is -2.28. The lowest BCUT2D eigenvalue weighted by Crippen LogP contribution is -3.13. The monoisotopic (exact) mass is 340 g/mol. The summed E-state index contributed by atoms with van der Waals surface area (Å²) in [6, 6.07) is 4.01. The Kier molecular flexibility index (Phi) is 6.72. The van der Waals surface area contributed by atoms with E-state index in [9.17, 15) is 4.79 Å². The number of likely N-dealkylation sites (tertiary alicyclic amines) is 1. The van der Waals surface area contributed by atoms with Gasteiger partial charge in [-0.1, -0.05) is 17.7 Å². The predicted octanol–water partition coefficient (Wildman–Crippen LogP) is 2.19. The Hall–Kier alpha value is -1.26. The number of hydrogen-bond acceptors (Lipinski definition) is 3. The SMILES string of the molecule is CCOC(=O)C1CC[NH+](CCOc2c(C)cc(C)cc2Cl)CC1. The molecule has 4 nitrogen and oxygen atoms in total. The smallest absolute Gasteiger partial charge is 0.309 e. The summed E-state index contributed by atoms with van der Waals surface area (Å²) < 4.78 is 11.0. The third kappa shape index (κ3) is 5.11. The molecule has 1 aromatic carbocycles. The highest BCUT2D eigenvalue weighted by atomic mass is 35.5. The second-order valence-corrected chi connectivity index (χ2v) is 6.67. The highest BCUT2D eigenvalue weighted by Gasteiger charge is 2.28. The molecule has 0 unspecified atom stereocenters. The molecule has 0 saturated carbocycles. The van der Waals surface area contributed by atoms with E-state index >= 15 is 0 Å². The Morgan fingerprint density at radius 1 is 1.30 bits per heavy atom. The Morgan fingerprint density at radius 2 is 2.00 bits per heavy atom. The van der Waals surface area contributed by atoms with Crippen LogP contribution in [0.2, 0.25) is 5.02 Å². The van der Waals surface area contributed by atoms with Crippen LogP contribution in [-0.4, -0.2) is 38.8 Å². The van der Waals surface area contributed by atoms with E-state index in [-0.39, 0.29) is 11.9 Å². The molecular formula is C18H27ClNO3+. The van der Waals surface area contributed by atoms with Crippen molar-refractivity contribution in [1.29, 1.82) is 0 Å². The number of nitrogens with one attached hydrogen (secondary N) is 1. The summed E-state index contributed by atoms with van der Waals surface area (Å²) in [6.45, 7) is 9.93. The third-order valence-corrected chi connectivity index (χ3v) is 4.67. The summed E-state index contributed by atoms with van der Waals surface area (Å²) >= 11 is 6.26. The molecule has 1 N–H and O–H groups in total. The fourth-order valence-electron chi connectivity index (χ4n) is 3.15. The second kappa shape index (κ2) is 8.55. The summed E-state index contributed by atoms with van der Waals surface area (Å²) in [4.78, 5) is 13.2. The highest BCUT2D eigenvalue weighted by Crippen LogP contribution is 2.29. The van der Waals surface area contributed by atoms with Crippen LogP contribution in [0.3, 0.4) is 0 Å². The van der Waals surface area contributed by atoms with Crippen molar-refractivity contribution in [2.24, 2.45) is 5.92 Å². The molecule has 1 fully saturated rings. The van der Waals surface area contributed by atoms with Crippen LogP contribution in [0.25, 0.3) is 0 Å². The third-order valence-electron chi connectivity index (χ3n) is 4.39. The molecule has 0 aliphatic carbocycles. The molecule has 0 atom stereocenters. The first-order chi connectivity index (χ1) is 11.0. The van der Waals surface area contributed by atoms with Gasteiger partial charge in [0.2, 0.25) is 0 Å². The molecule has 2 rings (SSSR count). The van der Waals surface area contributed by atoms with Gasteiger partial charge in [0.1, 0.15) is 18.9 Å². The first-order valence-electron chi connectivity index (χ1n) is 8.41. The van der Waals surface area contributed by atoms with Crippen LogP contribution in [0.4, 0.5) is 0 Å². The standard InChI is InChI=1S/C18H26ClNO3/c1-4-22-18(21)15-5-7-20(8-6-15)9-10-23-17-14(3)11-13(2)12-16(17)19/h11-12,15H,4-10H2,1-3H3/p+1. The van der Waals surface area contributed by atoms with E-state index in [2.05, 4.69) is 6.07 Å². The molecule has 1 aromatic rings. The van der Waals surface area contributed by atoms with E-state index in [1.165, 1.54) is 4.90 Å². The largest absolute Gasteiger partial charge is 0.486 e. The number of hydrogen-bond donors (Lipinski definition) is 1. The van der Waals surface area contributed by atoms with Crippen molar-refractivity contribution in [2.75, 3.05) is 32.8 Å². The molecule has 0 spiro atoms. The van der Waals surface area contributed by atoms with Gasteiger partial charge in [-0.3, -0.25) is 4.79 Å². The van der Waals surface area contributed by atoms with Gasteiger partial charge >= 0.3 is 5.97 Å². The summed E-state index contributed by atoms with van der Waals surface area (Å²) in [5.41, 5.74) is 2.22. The number of rotatable bonds is 6. The normalized spacial score (nSPS) is 21.0. The number of carbonyl (C=O) groups excluding carboxylic acids is 1. The minimum Gasteiger partial charge on any atom is -0.486 e. The van der Waals surface area contributed by atoms with Crippen molar-refractivity contribution in [3.63, 3.8) is 0 Å². The van der Waals surface area contributed by atoms with Gasteiger partial charge in [-0.05, 0) is 38.0 Å². The van der Waals surface area contributed by atoms with Gasteiger partial charge < -0.3 is 14.4 Å². The number of ether oxygens (including phenoxy) is 2. The summed E-state index contributed by atoms with van der Waals surface area (Å²) in [6.07, 6.45) is 1.80. The zero-order valence-electron chi connectivity index (χ0n) is 14.3. The zero-order chi connectivity index (χ0) is 16.8. The highest BCUT2D eigenvalue weighted by molar-refractivity contribution is 6.32. The molecule has 1 aliphatic heterocycles. The van der Waals surface area contributed by atoms with Crippen LogP contribution in [0.1, 0.15) is 30.9 Å². The number of aryl methyl sites for hydroxylation is 2. The lowest BCUT2D eigenvalue weighted by atomic mass is 9.97. The van der Waals surface area contributed by atoms with Crippen molar-refractivity contribution in [2.45, 2.75) is 33.6 Å². The predicted molar refractivity (Wildman–Crippen MR) is 91.3 cm³/mol. The summed E-state index contributed by atoms with van der Waals surface area (Å²) in [5.74, 6) is 0.830. The van der Waals surface area contributed by atoms with Crippen LogP contribution in [0, 0.1) is 19.8 Å². The maximum Gasteiger partial charge on any atom is 0.309 e. The molecule has 0 aromatic heterocycles. The minimum atomic E-state index is -0.0372. The zero-order valence-corrected chi connectivity index (χ0v) is 15.0. The van der Waals surface area contributed by atoms with Crippen LogP contribution in [0.15, 0.2) is 12.1 Å². The molecule has 0 radical (unpaired) electrons. The topological polar surface area (TPSA) is 40.0 Å². The first-order valence-corrected chi connectivity index (χ1v) is 8.78. The molecule has 1 aliphatic rings. The maximum atomic E-state index is 11.7. The van der Waals surface area contributed by atoms with E-state index in [0.29, 0.717) is 18.2 Å². The van der Waals surface area contributed by atoms with Crippen LogP contribution < -0.4 is 9.64 Å². The van der Waals surface area contributed by atoms with Crippen LogP contribution in [-0.2, 0) is 9.53 Å². The van der Waals surface area contributed by atoms with Gasteiger partial charge in [0.05, 0.1) is 30.6 Å². The number of piperidine rings is 1. The minimum absolute atomic E-state index is 0.0372. The van der Waals surface area contributed by atoms with Gasteiger partial charge in [0.15, 0.2) is 0 Å². The Morgan fingerprint density at radius 3 is 2.61 bits per heavy atom.